The highest BCUT2D eigenvalue weighted by Crippen LogP contribution is 2.16. The molecule has 0 saturated heterocycles. The van der Waals surface area contributed by atoms with Crippen molar-refractivity contribution in [3.05, 3.63) is 0 Å². The molecule has 0 aliphatic rings. The summed E-state index contributed by atoms with van der Waals surface area (Å²) in [4.78, 5) is 0. The molecule has 0 aromatic carbocycles. The SMILES string of the molecule is CNC(=S)SC[C@H](C)C(C)C. The van der Waals surface area contributed by atoms with Crippen molar-refractivity contribution in [3.63, 3.8) is 0 Å². The van der Waals surface area contributed by atoms with E-state index < -0.39 is 0 Å². The Balaban J connectivity index is 3.45. The Labute approximate surface area is 79.3 Å². The molecule has 0 amide bonds. The van der Waals surface area contributed by atoms with Gasteiger partial charge in [0, 0.05) is 12.8 Å². The van der Waals surface area contributed by atoms with Crippen molar-refractivity contribution in [2.45, 2.75) is 20.8 Å². The maximum atomic E-state index is 5.01. The zero-order valence-corrected chi connectivity index (χ0v) is 9.31. The van der Waals surface area contributed by atoms with E-state index in [4.69, 9.17) is 12.2 Å². The van der Waals surface area contributed by atoms with Gasteiger partial charge in [0.05, 0.1) is 0 Å². The summed E-state index contributed by atoms with van der Waals surface area (Å²) in [5.74, 6) is 2.62. The van der Waals surface area contributed by atoms with Gasteiger partial charge in [-0.3, -0.25) is 0 Å². The van der Waals surface area contributed by atoms with Gasteiger partial charge >= 0.3 is 0 Å². The number of thioether (sulfide) groups is 1. The van der Waals surface area contributed by atoms with Crippen LogP contribution in [-0.2, 0) is 0 Å². The molecule has 1 atom stereocenters. The zero-order chi connectivity index (χ0) is 8.85. The third-order valence-electron chi connectivity index (χ3n) is 1.82. The first-order valence-electron chi connectivity index (χ1n) is 3.92. The Hall–Kier alpha value is 0.240. The molecular weight excluding hydrogens is 174 g/mol. The van der Waals surface area contributed by atoms with Crippen LogP contribution in [0.3, 0.4) is 0 Å². The van der Waals surface area contributed by atoms with E-state index in [0.717, 1.165) is 21.9 Å². The van der Waals surface area contributed by atoms with Crippen LogP contribution in [0, 0.1) is 11.8 Å². The first-order valence-corrected chi connectivity index (χ1v) is 5.31. The minimum Gasteiger partial charge on any atom is -0.374 e. The average molecular weight is 191 g/mol. The van der Waals surface area contributed by atoms with E-state index in [9.17, 15) is 0 Å². The molecule has 0 aliphatic carbocycles. The van der Waals surface area contributed by atoms with Gasteiger partial charge < -0.3 is 5.32 Å². The summed E-state index contributed by atoms with van der Waals surface area (Å²) in [6.45, 7) is 6.75. The number of hydrogen-bond acceptors (Lipinski definition) is 2. The first kappa shape index (κ1) is 11.2. The lowest BCUT2D eigenvalue weighted by Crippen LogP contribution is -2.15. The molecule has 1 nitrogen and oxygen atoms in total. The molecule has 0 spiro atoms. The fraction of sp³-hybridized carbons (Fsp3) is 0.875. The van der Waals surface area contributed by atoms with E-state index in [0.29, 0.717) is 0 Å². The summed E-state index contributed by atoms with van der Waals surface area (Å²) in [5, 5.41) is 2.95. The lowest BCUT2D eigenvalue weighted by Gasteiger charge is -2.14. The minimum absolute atomic E-state index is 0.742. The van der Waals surface area contributed by atoms with Crippen molar-refractivity contribution < 1.29 is 0 Å². The third kappa shape index (κ3) is 5.50. The molecule has 0 aromatic rings. The van der Waals surface area contributed by atoms with Crippen LogP contribution < -0.4 is 5.32 Å². The van der Waals surface area contributed by atoms with Crippen LogP contribution in [0.1, 0.15) is 20.8 Å². The van der Waals surface area contributed by atoms with E-state index in [1.807, 2.05) is 7.05 Å². The first-order chi connectivity index (χ1) is 5.07. The van der Waals surface area contributed by atoms with E-state index in [-0.39, 0.29) is 0 Å². The Bertz CT molecular complexity index is 123. The van der Waals surface area contributed by atoms with Gasteiger partial charge in [0.15, 0.2) is 0 Å². The molecule has 0 aromatic heterocycles. The maximum absolute atomic E-state index is 5.01. The molecule has 0 fully saturated rings. The normalized spacial score (nSPS) is 13.2. The molecule has 11 heavy (non-hydrogen) atoms. The highest BCUT2D eigenvalue weighted by molar-refractivity contribution is 8.22. The second-order valence-corrected chi connectivity index (χ2v) is 4.77. The third-order valence-corrected chi connectivity index (χ3v) is 3.54. The van der Waals surface area contributed by atoms with Crippen molar-refractivity contribution in [3.8, 4) is 0 Å². The minimum atomic E-state index is 0.742. The summed E-state index contributed by atoms with van der Waals surface area (Å²) in [6.07, 6.45) is 0. The second kappa shape index (κ2) is 5.84. The van der Waals surface area contributed by atoms with Crippen LogP contribution in [-0.4, -0.2) is 17.1 Å². The van der Waals surface area contributed by atoms with E-state index >= 15 is 0 Å². The van der Waals surface area contributed by atoms with E-state index in [2.05, 4.69) is 26.1 Å². The summed E-state index contributed by atoms with van der Waals surface area (Å²) >= 11 is 6.75. The fourth-order valence-electron chi connectivity index (χ4n) is 0.472. The zero-order valence-electron chi connectivity index (χ0n) is 7.68. The Morgan fingerprint density at radius 1 is 1.45 bits per heavy atom. The van der Waals surface area contributed by atoms with Crippen molar-refractivity contribution >= 4 is 28.3 Å². The molecule has 0 rings (SSSR count). The molecule has 0 bridgehead atoms. The van der Waals surface area contributed by atoms with Gasteiger partial charge in [-0.05, 0) is 11.8 Å². The quantitative estimate of drug-likeness (QED) is 0.689. The number of rotatable bonds is 3. The van der Waals surface area contributed by atoms with Crippen LogP contribution in [0.25, 0.3) is 0 Å². The van der Waals surface area contributed by atoms with Crippen molar-refractivity contribution in [1.29, 1.82) is 0 Å². The molecule has 1 N–H and O–H groups in total. The standard InChI is InChI=1S/C8H17NS2/c1-6(2)7(3)5-11-8(10)9-4/h6-7H,5H2,1-4H3,(H,9,10)/t7-/m0/s1. The molecule has 0 radical (unpaired) electrons. The van der Waals surface area contributed by atoms with Crippen molar-refractivity contribution in [2.24, 2.45) is 11.8 Å². The Morgan fingerprint density at radius 3 is 2.36 bits per heavy atom. The maximum Gasteiger partial charge on any atom is 0.133 e. The summed E-state index contributed by atoms with van der Waals surface area (Å²) in [7, 11) is 1.87. The fourth-order valence-corrected chi connectivity index (χ4v) is 1.62. The van der Waals surface area contributed by atoms with Gasteiger partial charge in [0.2, 0.25) is 0 Å². The average Bonchev–Trinajstić information content (AvgIpc) is 1.99. The molecular formula is C8H17NS2. The van der Waals surface area contributed by atoms with Crippen molar-refractivity contribution in [1.82, 2.24) is 5.32 Å². The predicted octanol–water partition coefficient (Wildman–Crippen LogP) is 2.52. The van der Waals surface area contributed by atoms with Crippen LogP contribution in [0.4, 0.5) is 0 Å². The van der Waals surface area contributed by atoms with Gasteiger partial charge in [-0.2, -0.15) is 0 Å². The highest BCUT2D eigenvalue weighted by atomic mass is 32.2. The molecule has 0 heterocycles. The summed E-state index contributed by atoms with van der Waals surface area (Å²) in [6, 6.07) is 0. The van der Waals surface area contributed by atoms with Gasteiger partial charge in [0.25, 0.3) is 0 Å². The van der Waals surface area contributed by atoms with E-state index in [1.165, 1.54) is 0 Å². The smallest absolute Gasteiger partial charge is 0.133 e. The number of hydrogen-bond donors (Lipinski definition) is 1. The molecule has 0 aliphatic heterocycles. The Morgan fingerprint density at radius 2 is 2.00 bits per heavy atom. The second-order valence-electron chi connectivity index (χ2n) is 3.07. The number of nitrogens with one attached hydrogen (secondary N) is 1. The monoisotopic (exact) mass is 191 g/mol. The largest absolute Gasteiger partial charge is 0.374 e. The van der Waals surface area contributed by atoms with Gasteiger partial charge in [-0.15, -0.1) is 0 Å². The summed E-state index contributed by atoms with van der Waals surface area (Å²) in [5.41, 5.74) is 0. The molecule has 0 unspecified atom stereocenters. The highest BCUT2D eigenvalue weighted by Gasteiger charge is 2.07. The Kier molecular flexibility index (Phi) is 5.96. The van der Waals surface area contributed by atoms with Crippen molar-refractivity contribution in [2.75, 3.05) is 12.8 Å². The topological polar surface area (TPSA) is 12.0 Å². The van der Waals surface area contributed by atoms with Crippen LogP contribution >= 0.6 is 24.0 Å². The summed E-state index contributed by atoms with van der Waals surface area (Å²) < 4.78 is 0.900. The van der Waals surface area contributed by atoms with Gasteiger partial charge in [-0.25, -0.2) is 0 Å². The molecule has 0 saturated carbocycles. The van der Waals surface area contributed by atoms with Crippen LogP contribution in [0.15, 0.2) is 0 Å². The molecule has 3 heteroatoms. The van der Waals surface area contributed by atoms with E-state index in [1.54, 1.807) is 11.8 Å². The lowest BCUT2D eigenvalue weighted by molar-refractivity contribution is 0.465. The van der Waals surface area contributed by atoms with Crippen LogP contribution in [0.2, 0.25) is 0 Å². The number of thiocarbonyl (C=S) groups is 1. The molecule has 66 valence electrons. The van der Waals surface area contributed by atoms with Crippen LogP contribution in [0.5, 0.6) is 0 Å². The lowest BCUT2D eigenvalue weighted by atomic mass is 10.0. The van der Waals surface area contributed by atoms with Gasteiger partial charge in [0.1, 0.15) is 4.32 Å². The predicted molar refractivity (Wildman–Crippen MR) is 58.1 cm³/mol. The van der Waals surface area contributed by atoms with Gasteiger partial charge in [-0.1, -0.05) is 44.8 Å².